The normalized spacial score (nSPS) is 11.5. The standard InChI is InChI=1S/C19H21F3N2O2/c1-14-6-5-7-15(12-14)26-11-10-24(2)13-18(25)23-17-9-4-3-8-16(17)19(20,21)22/h3-9,12H,10-11,13H2,1-2H3,(H,23,25). The van der Waals surface area contributed by atoms with Gasteiger partial charge in [0.15, 0.2) is 0 Å². The van der Waals surface area contributed by atoms with Crippen molar-refractivity contribution >= 4 is 11.6 Å². The van der Waals surface area contributed by atoms with Crippen molar-refractivity contribution in [1.29, 1.82) is 0 Å². The van der Waals surface area contributed by atoms with Gasteiger partial charge in [0.1, 0.15) is 12.4 Å². The summed E-state index contributed by atoms with van der Waals surface area (Å²) in [5.74, 6) is 0.224. The molecular weight excluding hydrogens is 345 g/mol. The first-order chi connectivity index (χ1) is 12.3. The molecule has 0 heterocycles. The van der Waals surface area contributed by atoms with Gasteiger partial charge in [-0.1, -0.05) is 24.3 Å². The summed E-state index contributed by atoms with van der Waals surface area (Å²) in [6.45, 7) is 2.75. The van der Waals surface area contributed by atoms with E-state index in [4.69, 9.17) is 4.74 Å². The van der Waals surface area contributed by atoms with Crippen LogP contribution in [0, 0.1) is 6.92 Å². The van der Waals surface area contributed by atoms with Crippen LogP contribution in [-0.2, 0) is 11.0 Å². The Labute approximate surface area is 150 Å². The van der Waals surface area contributed by atoms with Gasteiger partial charge in [-0.15, -0.1) is 0 Å². The number of para-hydroxylation sites is 1. The second kappa shape index (κ2) is 8.71. The van der Waals surface area contributed by atoms with Gasteiger partial charge in [0, 0.05) is 6.54 Å². The van der Waals surface area contributed by atoms with Crippen molar-refractivity contribution in [2.45, 2.75) is 13.1 Å². The summed E-state index contributed by atoms with van der Waals surface area (Å²) < 4.78 is 44.4. The summed E-state index contributed by atoms with van der Waals surface area (Å²) in [6.07, 6.45) is -4.52. The Morgan fingerprint density at radius 3 is 2.58 bits per heavy atom. The van der Waals surface area contributed by atoms with Crippen molar-refractivity contribution in [3.05, 3.63) is 59.7 Å². The van der Waals surface area contributed by atoms with Gasteiger partial charge in [-0.05, 0) is 43.8 Å². The summed E-state index contributed by atoms with van der Waals surface area (Å²) in [5.41, 5.74) is -0.0215. The number of nitrogens with one attached hydrogen (secondary N) is 1. The lowest BCUT2D eigenvalue weighted by Gasteiger charge is -2.18. The van der Waals surface area contributed by atoms with Crippen molar-refractivity contribution in [2.24, 2.45) is 0 Å². The number of hydrogen-bond donors (Lipinski definition) is 1. The van der Waals surface area contributed by atoms with Crippen LogP contribution in [0.1, 0.15) is 11.1 Å². The number of hydrogen-bond acceptors (Lipinski definition) is 3. The highest BCUT2D eigenvalue weighted by Crippen LogP contribution is 2.34. The van der Waals surface area contributed by atoms with Gasteiger partial charge in [-0.2, -0.15) is 13.2 Å². The maximum atomic E-state index is 12.9. The topological polar surface area (TPSA) is 41.6 Å². The predicted molar refractivity (Wildman–Crippen MR) is 94.2 cm³/mol. The van der Waals surface area contributed by atoms with Gasteiger partial charge in [0.05, 0.1) is 17.8 Å². The van der Waals surface area contributed by atoms with Crippen molar-refractivity contribution in [3.63, 3.8) is 0 Å². The van der Waals surface area contributed by atoms with Crippen LogP contribution in [-0.4, -0.2) is 37.6 Å². The summed E-state index contributed by atoms with van der Waals surface area (Å²) in [4.78, 5) is 13.7. The molecule has 26 heavy (non-hydrogen) atoms. The molecule has 4 nitrogen and oxygen atoms in total. The Bertz CT molecular complexity index is 748. The zero-order valence-corrected chi connectivity index (χ0v) is 14.6. The number of anilines is 1. The summed E-state index contributed by atoms with van der Waals surface area (Å²) >= 11 is 0. The number of rotatable bonds is 7. The van der Waals surface area contributed by atoms with E-state index in [9.17, 15) is 18.0 Å². The van der Waals surface area contributed by atoms with Crippen LogP contribution in [0.2, 0.25) is 0 Å². The number of benzene rings is 2. The molecule has 0 spiro atoms. The summed E-state index contributed by atoms with van der Waals surface area (Å²) in [6, 6.07) is 12.5. The third-order valence-electron chi connectivity index (χ3n) is 3.65. The van der Waals surface area contributed by atoms with E-state index in [2.05, 4.69) is 5.32 Å². The fraction of sp³-hybridized carbons (Fsp3) is 0.316. The van der Waals surface area contributed by atoms with Crippen LogP contribution < -0.4 is 10.1 Å². The lowest BCUT2D eigenvalue weighted by Crippen LogP contribution is -2.33. The Hall–Kier alpha value is -2.54. The minimum Gasteiger partial charge on any atom is -0.492 e. The molecule has 0 radical (unpaired) electrons. The highest BCUT2D eigenvalue weighted by atomic mass is 19.4. The molecule has 2 aromatic rings. The van der Waals surface area contributed by atoms with E-state index >= 15 is 0 Å². The van der Waals surface area contributed by atoms with Crippen LogP contribution in [0.4, 0.5) is 18.9 Å². The fourth-order valence-corrected chi connectivity index (χ4v) is 2.38. The number of alkyl halides is 3. The van der Waals surface area contributed by atoms with Gasteiger partial charge in [-0.3, -0.25) is 9.69 Å². The molecule has 140 valence electrons. The first-order valence-electron chi connectivity index (χ1n) is 8.10. The van der Waals surface area contributed by atoms with Crippen LogP contribution in [0.15, 0.2) is 48.5 Å². The van der Waals surface area contributed by atoms with Crippen molar-refractivity contribution in [1.82, 2.24) is 4.90 Å². The van der Waals surface area contributed by atoms with Gasteiger partial charge in [0.25, 0.3) is 0 Å². The highest BCUT2D eigenvalue weighted by molar-refractivity contribution is 5.93. The van der Waals surface area contributed by atoms with Gasteiger partial charge in [-0.25, -0.2) is 0 Å². The molecule has 0 aromatic heterocycles. The Kier molecular flexibility index (Phi) is 6.63. The fourth-order valence-electron chi connectivity index (χ4n) is 2.38. The second-order valence-corrected chi connectivity index (χ2v) is 5.99. The largest absolute Gasteiger partial charge is 0.492 e. The number of carbonyl (C=O) groups is 1. The lowest BCUT2D eigenvalue weighted by molar-refractivity contribution is -0.137. The van der Waals surface area contributed by atoms with Gasteiger partial charge in [0.2, 0.25) is 5.91 Å². The molecule has 1 N–H and O–H groups in total. The molecule has 0 atom stereocenters. The van der Waals surface area contributed by atoms with Crippen LogP contribution in [0.5, 0.6) is 5.75 Å². The molecule has 0 aliphatic rings. The molecule has 0 saturated carbocycles. The monoisotopic (exact) mass is 366 g/mol. The molecule has 0 bridgehead atoms. The molecule has 0 aliphatic heterocycles. The SMILES string of the molecule is Cc1cccc(OCCN(C)CC(=O)Nc2ccccc2C(F)(F)F)c1. The lowest BCUT2D eigenvalue weighted by atomic mass is 10.1. The maximum absolute atomic E-state index is 12.9. The molecule has 2 rings (SSSR count). The molecule has 2 aromatic carbocycles. The maximum Gasteiger partial charge on any atom is 0.418 e. The van der Waals surface area contributed by atoms with Crippen LogP contribution >= 0.6 is 0 Å². The molecule has 0 fully saturated rings. The molecule has 7 heteroatoms. The third-order valence-corrected chi connectivity index (χ3v) is 3.65. The minimum absolute atomic E-state index is 0.0383. The zero-order valence-electron chi connectivity index (χ0n) is 14.6. The first kappa shape index (κ1) is 19.8. The number of likely N-dealkylation sites (N-methyl/N-ethyl adjacent to an activating group) is 1. The number of amides is 1. The average molecular weight is 366 g/mol. The van der Waals surface area contributed by atoms with E-state index in [0.717, 1.165) is 17.4 Å². The van der Waals surface area contributed by atoms with E-state index in [1.165, 1.54) is 18.2 Å². The van der Waals surface area contributed by atoms with Crippen LogP contribution in [0.25, 0.3) is 0 Å². The van der Waals surface area contributed by atoms with E-state index in [1.807, 2.05) is 31.2 Å². The number of aryl methyl sites for hydroxylation is 1. The van der Waals surface area contributed by atoms with Gasteiger partial charge < -0.3 is 10.1 Å². The Morgan fingerprint density at radius 1 is 1.15 bits per heavy atom. The average Bonchev–Trinajstić information content (AvgIpc) is 2.54. The van der Waals surface area contributed by atoms with Gasteiger partial charge >= 0.3 is 6.18 Å². The second-order valence-electron chi connectivity index (χ2n) is 5.99. The summed E-state index contributed by atoms with van der Waals surface area (Å²) in [7, 11) is 1.70. The molecule has 0 saturated heterocycles. The number of halogens is 3. The van der Waals surface area contributed by atoms with Crippen molar-refractivity contribution < 1.29 is 22.7 Å². The summed E-state index contributed by atoms with van der Waals surface area (Å²) in [5, 5.41) is 2.32. The molecule has 0 unspecified atom stereocenters. The Morgan fingerprint density at radius 2 is 1.88 bits per heavy atom. The third kappa shape index (κ3) is 6.07. The quantitative estimate of drug-likeness (QED) is 0.806. The zero-order chi connectivity index (χ0) is 19.2. The number of nitrogens with zero attached hydrogens (tertiary/aromatic N) is 1. The number of ether oxygens (including phenoxy) is 1. The van der Waals surface area contributed by atoms with Crippen molar-refractivity contribution in [2.75, 3.05) is 32.1 Å². The number of carbonyl (C=O) groups excluding carboxylic acids is 1. The highest BCUT2D eigenvalue weighted by Gasteiger charge is 2.33. The predicted octanol–water partition coefficient (Wildman–Crippen LogP) is 3.96. The Balaban J connectivity index is 1.82. The van der Waals surface area contributed by atoms with E-state index in [-0.39, 0.29) is 12.2 Å². The van der Waals surface area contributed by atoms with E-state index < -0.39 is 17.6 Å². The smallest absolute Gasteiger partial charge is 0.418 e. The van der Waals surface area contributed by atoms with E-state index in [0.29, 0.717) is 13.2 Å². The molecular formula is C19H21F3N2O2. The van der Waals surface area contributed by atoms with Crippen LogP contribution in [0.3, 0.4) is 0 Å². The molecule has 0 aliphatic carbocycles. The minimum atomic E-state index is -4.52. The molecule has 1 amide bonds. The first-order valence-corrected chi connectivity index (χ1v) is 8.10. The van der Waals surface area contributed by atoms with E-state index in [1.54, 1.807) is 11.9 Å². The van der Waals surface area contributed by atoms with Crippen molar-refractivity contribution in [3.8, 4) is 5.75 Å².